The molecule has 0 bridgehead atoms. The van der Waals surface area contributed by atoms with E-state index in [2.05, 4.69) is 107 Å². The minimum Gasteiger partial charge on any atom is -0.309 e. The van der Waals surface area contributed by atoms with E-state index in [0.717, 1.165) is 44.5 Å². The molecular formula is C108H96F8N24O4. The summed E-state index contributed by atoms with van der Waals surface area (Å²) in [6.07, 6.45) is 16.3. The SMILES string of the molecule is C[C@@H](CN[C@@H](C(=O)Nc1ccc(-c2cnn(C(F)F)c2)cn1)c1ccccc1)c1ccc(C#N)cc1.C[C@@H](CN[C@H](C(=O)Nc1ccc(-c2cnn(C(F)F)c2)cn1)c1ccccc1)c1ccc(C#N)cc1.C[C@H](CN[C@@H](C(=O)Nc1ccc(-c2cnn(C(F)F)c2)cn1)c1ccccc1)c1ccc(C#N)cc1.C[C@H](CN[C@H](C(=O)Nc1ccc(-c2cnn(C(F)F)c2)cn1)c1ccccc1)c1ccc(C#N)cc1. The van der Waals surface area contributed by atoms with Crippen molar-refractivity contribution in [2.45, 2.75) is 102 Å². The van der Waals surface area contributed by atoms with Crippen molar-refractivity contribution >= 4 is 46.9 Å². The Morgan fingerprint density at radius 3 is 0.590 bits per heavy atom. The summed E-state index contributed by atoms with van der Waals surface area (Å²) in [5.74, 6) is 0.649. The second kappa shape index (κ2) is 51.3. The van der Waals surface area contributed by atoms with Crippen molar-refractivity contribution in [2.75, 3.05) is 47.4 Å². The van der Waals surface area contributed by atoms with Gasteiger partial charge in [0.2, 0.25) is 23.6 Å². The molecule has 728 valence electrons. The third-order valence-corrected chi connectivity index (χ3v) is 23.1. The number of hydrogen-bond donors (Lipinski definition) is 8. The summed E-state index contributed by atoms with van der Waals surface area (Å²) in [6, 6.07) is 86.2. The summed E-state index contributed by atoms with van der Waals surface area (Å²) in [5.41, 5.74) is 14.3. The van der Waals surface area contributed by atoms with Crippen molar-refractivity contribution < 1.29 is 54.3 Å². The van der Waals surface area contributed by atoms with Crippen LogP contribution in [0.15, 0.2) is 341 Å². The molecule has 0 radical (unpaired) electrons. The smallest absolute Gasteiger partial charge is 0.309 e. The first kappa shape index (κ1) is 104. The second-order valence-corrected chi connectivity index (χ2v) is 33.2. The first-order chi connectivity index (χ1) is 69.8. The fraction of sp³-hybridized carbons (Fsp3) is 0.185. The predicted octanol–water partition coefficient (Wildman–Crippen LogP) is 21.1. The van der Waals surface area contributed by atoms with Gasteiger partial charge in [-0.25, -0.2) is 38.7 Å². The van der Waals surface area contributed by atoms with Crippen LogP contribution in [0.3, 0.4) is 0 Å². The van der Waals surface area contributed by atoms with E-state index in [0.29, 0.717) is 135 Å². The summed E-state index contributed by atoms with van der Waals surface area (Å²) >= 11 is 0. The van der Waals surface area contributed by atoms with Crippen LogP contribution in [-0.2, 0) is 19.2 Å². The minimum atomic E-state index is -2.72. The molecule has 0 aliphatic carbocycles. The number of nitrogens with zero attached hydrogens (tertiary/aromatic N) is 16. The van der Waals surface area contributed by atoms with Crippen LogP contribution in [0.5, 0.6) is 0 Å². The van der Waals surface area contributed by atoms with Gasteiger partial charge < -0.3 is 42.5 Å². The maximum Gasteiger partial charge on any atom is 0.333 e. The van der Waals surface area contributed by atoms with Crippen LogP contribution in [0.1, 0.15) is 168 Å². The van der Waals surface area contributed by atoms with Gasteiger partial charge in [0.15, 0.2) is 0 Å². The summed E-state index contributed by atoms with van der Waals surface area (Å²) in [6.45, 7) is -0.567. The van der Waals surface area contributed by atoms with Gasteiger partial charge in [-0.3, -0.25) is 19.2 Å². The Balaban J connectivity index is 0.000000161. The Kier molecular flexibility index (Phi) is 36.9. The zero-order chi connectivity index (χ0) is 102. The van der Waals surface area contributed by atoms with Gasteiger partial charge in [-0.2, -0.15) is 76.6 Å². The molecule has 8 atom stereocenters. The highest BCUT2D eigenvalue weighted by atomic mass is 19.3. The van der Waals surface area contributed by atoms with Gasteiger partial charge in [-0.15, -0.1) is 0 Å². The van der Waals surface area contributed by atoms with E-state index < -0.39 is 50.4 Å². The van der Waals surface area contributed by atoms with Crippen molar-refractivity contribution in [3.8, 4) is 68.8 Å². The molecule has 8 aromatic carbocycles. The molecule has 16 rings (SSSR count). The molecule has 0 fully saturated rings. The van der Waals surface area contributed by atoms with Gasteiger partial charge in [-0.1, -0.05) is 198 Å². The molecule has 0 spiro atoms. The van der Waals surface area contributed by atoms with Crippen LogP contribution in [-0.4, -0.2) is 109 Å². The fourth-order valence-electron chi connectivity index (χ4n) is 14.9. The lowest BCUT2D eigenvalue weighted by molar-refractivity contribution is -0.119. The molecular weight excluding hydrogens is 1850 g/mol. The van der Waals surface area contributed by atoms with E-state index in [1.807, 2.05) is 198 Å². The molecule has 0 aliphatic heterocycles. The average Bonchev–Trinajstić information content (AvgIpc) is 1.27. The van der Waals surface area contributed by atoms with Crippen LogP contribution in [0.25, 0.3) is 44.5 Å². The van der Waals surface area contributed by atoms with Gasteiger partial charge in [0.1, 0.15) is 47.4 Å². The molecule has 8 heterocycles. The Morgan fingerprint density at radius 2 is 0.438 bits per heavy atom. The number of alkyl halides is 8. The minimum absolute atomic E-state index is 0.100. The van der Waals surface area contributed by atoms with Crippen LogP contribution in [0.2, 0.25) is 0 Å². The van der Waals surface area contributed by atoms with Crippen LogP contribution >= 0.6 is 0 Å². The molecule has 0 saturated heterocycles. The van der Waals surface area contributed by atoms with Crippen LogP contribution in [0.4, 0.5) is 58.4 Å². The standard InChI is InChI=1S/4C27H24F2N6O/c4*1-18(20-9-7-19(13-30)8-10-20)14-32-25(21-5-3-2-4-6-21)26(36)34-24-12-11-22(15-31-24)23-16-33-35(17-23)27(28)29/h4*2-12,15-18,25,27,32H,14H2,1H3,(H,31,34,36)/t2*18-,25+;2*18-,25-/m1010/s1. The lowest BCUT2D eigenvalue weighted by atomic mass is 9.98. The van der Waals surface area contributed by atoms with Crippen LogP contribution in [0, 0.1) is 45.3 Å². The third kappa shape index (κ3) is 29.2. The van der Waals surface area contributed by atoms with Gasteiger partial charge in [-0.05, 0) is 165 Å². The number of rotatable bonds is 36. The van der Waals surface area contributed by atoms with E-state index in [-0.39, 0.29) is 47.3 Å². The normalized spacial score (nSPS) is 12.6. The highest BCUT2D eigenvalue weighted by molar-refractivity contribution is 5.97. The van der Waals surface area contributed by atoms with Crippen molar-refractivity contribution in [1.29, 1.82) is 21.0 Å². The molecule has 0 aliphatic rings. The number of amides is 4. The number of anilines is 4. The quantitative estimate of drug-likeness (QED) is 0.0169. The van der Waals surface area contributed by atoms with E-state index in [1.165, 1.54) is 74.4 Å². The number of nitriles is 4. The highest BCUT2D eigenvalue weighted by Gasteiger charge is 2.28. The fourth-order valence-corrected chi connectivity index (χ4v) is 14.9. The molecule has 16 aromatic rings. The van der Waals surface area contributed by atoms with E-state index in [4.69, 9.17) is 21.0 Å². The number of halogens is 8. The third-order valence-electron chi connectivity index (χ3n) is 23.1. The maximum atomic E-state index is 13.2. The summed E-state index contributed by atoms with van der Waals surface area (Å²) in [4.78, 5) is 70.0. The largest absolute Gasteiger partial charge is 0.333 e. The summed E-state index contributed by atoms with van der Waals surface area (Å²) in [7, 11) is 0. The van der Waals surface area contributed by atoms with Crippen molar-refractivity contribution in [1.82, 2.24) is 80.3 Å². The van der Waals surface area contributed by atoms with Crippen LogP contribution < -0.4 is 42.5 Å². The van der Waals surface area contributed by atoms with Gasteiger partial charge >= 0.3 is 26.2 Å². The Bertz CT molecular complexity index is 6170. The summed E-state index contributed by atoms with van der Waals surface area (Å²) in [5, 5.41) is 75.2. The van der Waals surface area contributed by atoms with Gasteiger partial charge in [0.05, 0.1) is 71.3 Å². The van der Waals surface area contributed by atoms with Crippen molar-refractivity contribution in [2.24, 2.45) is 0 Å². The zero-order valence-electron chi connectivity index (χ0n) is 77.9. The second-order valence-electron chi connectivity index (χ2n) is 33.2. The number of aromatic nitrogens is 12. The van der Waals surface area contributed by atoms with Gasteiger partial charge in [0.25, 0.3) is 0 Å². The number of benzene rings is 8. The molecule has 4 amide bonds. The molecule has 0 saturated carbocycles. The number of nitrogens with one attached hydrogen (secondary N) is 8. The van der Waals surface area contributed by atoms with Gasteiger partial charge in [0, 0.05) is 120 Å². The van der Waals surface area contributed by atoms with E-state index in [1.54, 1.807) is 97.1 Å². The number of carbonyl (C=O) groups is 4. The average molecular weight is 1950 g/mol. The van der Waals surface area contributed by atoms with E-state index in [9.17, 15) is 54.3 Å². The summed E-state index contributed by atoms with van der Waals surface area (Å²) < 4.78 is 105. The molecule has 0 unspecified atom stereocenters. The molecule has 8 aromatic heterocycles. The van der Waals surface area contributed by atoms with Crippen molar-refractivity contribution in [3.05, 3.63) is 408 Å². The number of carbonyl (C=O) groups excluding carboxylic acids is 4. The molecule has 144 heavy (non-hydrogen) atoms. The number of pyridine rings is 4. The predicted molar refractivity (Wildman–Crippen MR) is 528 cm³/mol. The zero-order valence-corrected chi connectivity index (χ0v) is 77.9. The molecule has 8 N–H and O–H groups in total. The number of hydrogen-bond acceptors (Lipinski definition) is 20. The highest BCUT2D eigenvalue weighted by Crippen LogP contribution is 2.32. The Morgan fingerprint density at radius 1 is 0.250 bits per heavy atom. The first-order valence-corrected chi connectivity index (χ1v) is 45.3. The Hall–Kier alpha value is -17.7. The lowest BCUT2D eigenvalue weighted by Gasteiger charge is -2.21. The molecule has 28 nitrogen and oxygen atoms in total. The maximum absolute atomic E-state index is 13.2. The Labute approximate surface area is 824 Å². The molecule has 36 heteroatoms. The van der Waals surface area contributed by atoms with Crippen molar-refractivity contribution in [3.63, 3.8) is 0 Å². The lowest BCUT2D eigenvalue weighted by Crippen LogP contribution is -2.35. The monoisotopic (exact) mass is 1940 g/mol. The topological polar surface area (TPSA) is 383 Å². The first-order valence-electron chi connectivity index (χ1n) is 45.3. The van der Waals surface area contributed by atoms with E-state index >= 15 is 0 Å².